The molecule has 1 aliphatic rings. The first-order valence-corrected chi connectivity index (χ1v) is 6.76. The zero-order valence-corrected chi connectivity index (χ0v) is 11.2. The quantitative estimate of drug-likeness (QED) is 0.879. The van der Waals surface area contributed by atoms with E-state index in [9.17, 15) is 18.0 Å². The summed E-state index contributed by atoms with van der Waals surface area (Å²) in [4.78, 5) is 13.7. The van der Waals surface area contributed by atoms with Crippen molar-refractivity contribution in [1.29, 1.82) is 0 Å². The molecule has 1 N–H and O–H groups in total. The van der Waals surface area contributed by atoms with Crippen molar-refractivity contribution in [2.24, 2.45) is 5.92 Å². The number of likely N-dealkylation sites (tertiary alicyclic amines) is 1. The van der Waals surface area contributed by atoms with Crippen LogP contribution in [-0.4, -0.2) is 40.3 Å². The van der Waals surface area contributed by atoms with Crippen molar-refractivity contribution in [2.45, 2.75) is 19.0 Å². The average molecular weight is 297 g/mol. The van der Waals surface area contributed by atoms with Crippen LogP contribution in [0.4, 0.5) is 13.2 Å². The van der Waals surface area contributed by atoms with Gasteiger partial charge in [-0.2, -0.15) is 18.3 Å². The van der Waals surface area contributed by atoms with E-state index in [-0.39, 0.29) is 18.7 Å². The molecule has 1 atom stereocenters. The number of amides is 1. The minimum Gasteiger partial charge on any atom is -0.337 e. The lowest BCUT2D eigenvalue weighted by atomic mass is 9.97. The number of alkyl halides is 3. The van der Waals surface area contributed by atoms with Crippen LogP contribution in [0.1, 0.15) is 23.3 Å². The minimum atomic E-state index is -4.26. The van der Waals surface area contributed by atoms with Crippen molar-refractivity contribution in [3.8, 4) is 0 Å². The van der Waals surface area contributed by atoms with Gasteiger partial charge in [0.05, 0.1) is 11.4 Å². The molecule has 2 heterocycles. The molecule has 0 bridgehead atoms. The number of H-pyrrole nitrogens is 1. The van der Waals surface area contributed by atoms with Crippen LogP contribution >= 0.6 is 0 Å². The molecule has 112 valence electrons. The smallest absolute Gasteiger partial charge is 0.337 e. The summed E-state index contributed by atoms with van der Waals surface area (Å²) in [6, 6.07) is 7.07. The van der Waals surface area contributed by atoms with Gasteiger partial charge in [-0.25, -0.2) is 0 Å². The number of carbonyl (C=O) groups excluding carboxylic acids is 1. The summed E-state index contributed by atoms with van der Waals surface area (Å²) < 4.78 is 38.4. The first kappa shape index (κ1) is 13.9. The number of aromatic nitrogens is 2. The lowest BCUT2D eigenvalue weighted by Gasteiger charge is -2.33. The number of para-hydroxylation sites is 1. The van der Waals surface area contributed by atoms with E-state index in [1.165, 1.54) is 4.90 Å². The Morgan fingerprint density at radius 3 is 2.86 bits per heavy atom. The molecule has 2 aromatic rings. The van der Waals surface area contributed by atoms with Crippen LogP contribution in [0.25, 0.3) is 10.9 Å². The Morgan fingerprint density at radius 1 is 1.33 bits per heavy atom. The van der Waals surface area contributed by atoms with Gasteiger partial charge in [-0.05, 0) is 18.9 Å². The number of hydrogen-bond donors (Lipinski definition) is 1. The summed E-state index contributed by atoms with van der Waals surface area (Å²) in [6.45, 7) is 0.0517. The molecule has 1 fully saturated rings. The third-order valence-corrected chi connectivity index (χ3v) is 3.84. The van der Waals surface area contributed by atoms with Crippen LogP contribution in [0.2, 0.25) is 0 Å². The van der Waals surface area contributed by atoms with Crippen molar-refractivity contribution in [3.05, 3.63) is 30.0 Å². The van der Waals surface area contributed by atoms with E-state index in [4.69, 9.17) is 0 Å². The summed E-state index contributed by atoms with van der Waals surface area (Å²) in [5.74, 6) is -1.89. The van der Waals surface area contributed by atoms with E-state index in [0.717, 1.165) is 0 Å². The topological polar surface area (TPSA) is 49.0 Å². The minimum absolute atomic E-state index is 0.0780. The number of nitrogens with zero attached hydrogens (tertiary/aromatic N) is 2. The molecular formula is C14H14F3N3O. The first-order valence-electron chi connectivity index (χ1n) is 6.76. The number of nitrogens with one attached hydrogen (secondary N) is 1. The Hall–Kier alpha value is -2.05. The highest BCUT2D eigenvalue weighted by Gasteiger charge is 2.43. The molecule has 1 aliphatic heterocycles. The Labute approximate surface area is 118 Å². The Kier molecular flexibility index (Phi) is 3.35. The maximum absolute atomic E-state index is 12.8. The summed E-state index contributed by atoms with van der Waals surface area (Å²) >= 11 is 0. The molecule has 0 aliphatic carbocycles. The summed E-state index contributed by atoms with van der Waals surface area (Å²) in [6.07, 6.45) is -3.82. The largest absolute Gasteiger partial charge is 0.393 e. The highest BCUT2D eigenvalue weighted by molar-refractivity contribution is 6.04. The molecule has 0 radical (unpaired) electrons. The fraction of sp³-hybridized carbons (Fsp3) is 0.429. The fourth-order valence-corrected chi connectivity index (χ4v) is 2.71. The van der Waals surface area contributed by atoms with Crippen molar-refractivity contribution in [3.63, 3.8) is 0 Å². The SMILES string of the molecule is O=C(c1n[nH]c2ccccc12)N1CCC[C@@H](C(F)(F)F)C1. The maximum Gasteiger partial charge on any atom is 0.393 e. The molecule has 21 heavy (non-hydrogen) atoms. The van der Waals surface area contributed by atoms with E-state index in [2.05, 4.69) is 10.2 Å². The lowest BCUT2D eigenvalue weighted by molar-refractivity contribution is -0.184. The van der Waals surface area contributed by atoms with Gasteiger partial charge in [-0.1, -0.05) is 18.2 Å². The van der Waals surface area contributed by atoms with E-state index >= 15 is 0 Å². The van der Waals surface area contributed by atoms with Crippen molar-refractivity contribution in [1.82, 2.24) is 15.1 Å². The van der Waals surface area contributed by atoms with Gasteiger partial charge in [0.25, 0.3) is 5.91 Å². The van der Waals surface area contributed by atoms with Crippen LogP contribution < -0.4 is 0 Å². The zero-order chi connectivity index (χ0) is 15.0. The third kappa shape index (κ3) is 2.59. The molecule has 0 unspecified atom stereocenters. The molecule has 4 nitrogen and oxygen atoms in total. The second kappa shape index (κ2) is 5.05. The van der Waals surface area contributed by atoms with Gasteiger partial charge >= 0.3 is 6.18 Å². The van der Waals surface area contributed by atoms with E-state index < -0.39 is 18.0 Å². The molecule has 1 aromatic carbocycles. The number of rotatable bonds is 1. The van der Waals surface area contributed by atoms with Gasteiger partial charge in [0, 0.05) is 18.5 Å². The number of benzene rings is 1. The molecular weight excluding hydrogens is 283 g/mol. The first-order chi connectivity index (χ1) is 9.97. The molecule has 1 amide bonds. The van der Waals surface area contributed by atoms with Gasteiger partial charge in [0.1, 0.15) is 0 Å². The average Bonchev–Trinajstić information content (AvgIpc) is 2.90. The van der Waals surface area contributed by atoms with Gasteiger partial charge in [-0.3, -0.25) is 9.89 Å². The Balaban J connectivity index is 1.85. The second-order valence-electron chi connectivity index (χ2n) is 5.25. The normalized spacial score (nSPS) is 20.0. The second-order valence-corrected chi connectivity index (χ2v) is 5.25. The fourth-order valence-electron chi connectivity index (χ4n) is 2.71. The zero-order valence-electron chi connectivity index (χ0n) is 11.2. The van der Waals surface area contributed by atoms with Crippen molar-refractivity contribution < 1.29 is 18.0 Å². The van der Waals surface area contributed by atoms with Gasteiger partial charge in [-0.15, -0.1) is 0 Å². The number of halogens is 3. The lowest BCUT2D eigenvalue weighted by Crippen LogP contribution is -2.44. The monoisotopic (exact) mass is 297 g/mol. The standard InChI is InChI=1S/C14H14F3N3O/c15-14(16,17)9-4-3-7-20(8-9)13(21)12-10-5-1-2-6-11(10)18-19-12/h1-2,5-6,9H,3-4,7-8H2,(H,18,19)/t9-/m1/s1. The van der Waals surface area contributed by atoms with E-state index in [0.29, 0.717) is 23.9 Å². The summed E-state index contributed by atoms with van der Waals surface area (Å²) in [5.41, 5.74) is 0.888. The van der Waals surface area contributed by atoms with Crippen LogP contribution in [0.15, 0.2) is 24.3 Å². The molecule has 1 aromatic heterocycles. The van der Waals surface area contributed by atoms with Crippen LogP contribution in [-0.2, 0) is 0 Å². The highest BCUT2D eigenvalue weighted by Crippen LogP contribution is 2.33. The van der Waals surface area contributed by atoms with Gasteiger partial charge in [0.2, 0.25) is 0 Å². The van der Waals surface area contributed by atoms with Gasteiger partial charge < -0.3 is 4.90 Å². The molecule has 1 saturated heterocycles. The highest BCUT2D eigenvalue weighted by atomic mass is 19.4. The Bertz CT molecular complexity index is 665. The number of fused-ring (bicyclic) bond motifs is 1. The maximum atomic E-state index is 12.8. The van der Waals surface area contributed by atoms with E-state index in [1.807, 2.05) is 0 Å². The van der Waals surface area contributed by atoms with Crippen LogP contribution in [0.3, 0.4) is 0 Å². The molecule has 0 spiro atoms. The third-order valence-electron chi connectivity index (χ3n) is 3.84. The van der Waals surface area contributed by atoms with E-state index in [1.54, 1.807) is 24.3 Å². The van der Waals surface area contributed by atoms with Gasteiger partial charge in [0.15, 0.2) is 5.69 Å². The number of hydrogen-bond acceptors (Lipinski definition) is 2. The predicted molar refractivity (Wildman–Crippen MR) is 70.8 cm³/mol. The number of carbonyl (C=O) groups is 1. The van der Waals surface area contributed by atoms with Crippen LogP contribution in [0, 0.1) is 5.92 Å². The molecule has 0 saturated carbocycles. The number of aromatic amines is 1. The van der Waals surface area contributed by atoms with Crippen molar-refractivity contribution >= 4 is 16.8 Å². The predicted octanol–water partition coefficient (Wildman–Crippen LogP) is 2.98. The summed E-state index contributed by atoms with van der Waals surface area (Å²) in [5, 5.41) is 7.33. The summed E-state index contributed by atoms with van der Waals surface area (Å²) in [7, 11) is 0. The van der Waals surface area contributed by atoms with Crippen molar-refractivity contribution in [2.75, 3.05) is 13.1 Å². The Morgan fingerprint density at radius 2 is 2.10 bits per heavy atom. The van der Waals surface area contributed by atoms with Crippen LogP contribution in [0.5, 0.6) is 0 Å². The number of piperidine rings is 1. The molecule has 7 heteroatoms. The molecule has 3 rings (SSSR count).